The molecule has 8 N–H and O–H groups in total. The third kappa shape index (κ3) is 6.49. The summed E-state index contributed by atoms with van der Waals surface area (Å²) in [6.45, 7) is -0.775. The molecule has 5 rings (SSSR count). The van der Waals surface area contributed by atoms with Gasteiger partial charge in [0, 0.05) is 10.6 Å². The highest BCUT2D eigenvalue weighted by atomic mass is 35.5. The van der Waals surface area contributed by atoms with Crippen LogP contribution in [0.15, 0.2) is 59.7 Å². The van der Waals surface area contributed by atoms with Crippen molar-refractivity contribution in [3.8, 4) is 11.1 Å². The van der Waals surface area contributed by atoms with Gasteiger partial charge in [0.25, 0.3) is 11.5 Å². The topological polar surface area (TPSA) is 244 Å². The minimum Gasteiger partial charge on any atom is -0.387 e. The number of phosphoric acid groups is 2. The zero-order valence-electron chi connectivity index (χ0n) is 21.3. The number of imidazole rings is 1. The van der Waals surface area contributed by atoms with E-state index in [1.807, 2.05) is 42.5 Å². The summed E-state index contributed by atoms with van der Waals surface area (Å²) in [5.41, 5.74) is 7.64. The van der Waals surface area contributed by atoms with E-state index in [2.05, 4.69) is 18.8 Å². The molecule has 2 aromatic carbocycles. The van der Waals surface area contributed by atoms with Crippen LogP contribution in [0.25, 0.3) is 22.3 Å². The lowest BCUT2D eigenvalue weighted by atomic mass is 10.0. The number of phosphoric ester groups is 1. The Kier molecular flexibility index (Phi) is 8.42. The van der Waals surface area contributed by atoms with Crippen LogP contribution in [0.3, 0.4) is 0 Å². The van der Waals surface area contributed by atoms with Crippen LogP contribution in [0, 0.1) is 0 Å². The van der Waals surface area contributed by atoms with Gasteiger partial charge in [0.2, 0.25) is 11.7 Å². The highest BCUT2D eigenvalue weighted by Crippen LogP contribution is 2.57. The average molecular weight is 645 g/mol. The second-order valence-electron chi connectivity index (χ2n) is 9.34. The smallest absolute Gasteiger partial charge is 0.387 e. The molecule has 4 aromatic rings. The Morgan fingerprint density at radius 2 is 1.83 bits per heavy atom. The van der Waals surface area contributed by atoms with E-state index in [9.17, 15) is 29.0 Å². The Morgan fingerprint density at radius 1 is 1.12 bits per heavy atom. The number of nitrogens with two attached hydrogens (primary N) is 1. The van der Waals surface area contributed by atoms with Gasteiger partial charge in [0.15, 0.2) is 6.33 Å². The van der Waals surface area contributed by atoms with Gasteiger partial charge in [-0.2, -0.15) is 4.31 Å². The molecule has 0 amide bonds. The second kappa shape index (κ2) is 11.6. The van der Waals surface area contributed by atoms with Gasteiger partial charge in [-0.05, 0) is 17.2 Å². The Bertz CT molecular complexity index is 1780. The number of H-pyrrole nitrogens is 1. The van der Waals surface area contributed by atoms with Gasteiger partial charge < -0.3 is 35.4 Å². The van der Waals surface area contributed by atoms with Crippen molar-refractivity contribution in [3.63, 3.8) is 0 Å². The van der Waals surface area contributed by atoms with Crippen LogP contribution in [-0.4, -0.2) is 64.3 Å². The summed E-state index contributed by atoms with van der Waals surface area (Å²) in [4.78, 5) is 46.6. The molecule has 0 aliphatic carbocycles. The number of nitrogens with zero attached hydrogens (tertiary/aromatic N) is 3. The molecule has 0 bridgehead atoms. The van der Waals surface area contributed by atoms with Crippen LogP contribution in [0.5, 0.6) is 0 Å². The number of hydrogen-bond acceptors (Lipinski definition) is 10. The summed E-state index contributed by atoms with van der Waals surface area (Å²) < 4.78 is 39.4. The second-order valence-corrected chi connectivity index (χ2v) is 12.6. The van der Waals surface area contributed by atoms with Crippen molar-refractivity contribution in [2.24, 2.45) is 0 Å². The number of aliphatic hydroxyl groups is 2. The molecule has 2 aromatic heterocycles. The Balaban J connectivity index is 1.44. The van der Waals surface area contributed by atoms with E-state index >= 15 is 0 Å². The summed E-state index contributed by atoms with van der Waals surface area (Å²) in [5.74, 6) is -0.238. The third-order valence-corrected chi connectivity index (χ3v) is 8.85. The van der Waals surface area contributed by atoms with Gasteiger partial charge in [-0.15, -0.1) is 0 Å². The van der Waals surface area contributed by atoms with Crippen LogP contribution in [0.4, 0.5) is 5.95 Å². The van der Waals surface area contributed by atoms with Gasteiger partial charge in [-0.25, -0.2) is 13.7 Å². The lowest BCUT2D eigenvalue weighted by Gasteiger charge is -2.17. The molecule has 3 heterocycles. The number of aromatic nitrogens is 4. The number of fused-ring (bicyclic) bond motifs is 1. The lowest BCUT2D eigenvalue weighted by Crippen LogP contribution is -2.46. The number of ether oxygens (including phenoxy) is 1. The quantitative estimate of drug-likeness (QED) is 0.0986. The molecular formula is C23H25ClN5O11P2+. The fraction of sp³-hybridized carbons (Fsp3) is 0.261. The summed E-state index contributed by atoms with van der Waals surface area (Å²) in [6.07, 6.45) is -4.80. The van der Waals surface area contributed by atoms with E-state index in [-0.39, 0.29) is 23.7 Å². The molecular weight excluding hydrogens is 620 g/mol. The van der Waals surface area contributed by atoms with E-state index in [4.69, 9.17) is 31.9 Å². The monoisotopic (exact) mass is 644 g/mol. The van der Waals surface area contributed by atoms with Gasteiger partial charge in [-0.1, -0.05) is 59.0 Å². The molecule has 16 nitrogen and oxygen atoms in total. The molecule has 1 saturated heterocycles. The van der Waals surface area contributed by atoms with Crippen LogP contribution in [-0.2, 0) is 29.2 Å². The minimum absolute atomic E-state index is 0.0151. The summed E-state index contributed by atoms with van der Waals surface area (Å²) in [6, 6.07) is 14.9. The normalized spacial score (nSPS) is 22.4. The van der Waals surface area contributed by atoms with E-state index < -0.39 is 52.4 Å². The van der Waals surface area contributed by atoms with Gasteiger partial charge >= 0.3 is 21.3 Å². The lowest BCUT2D eigenvalue weighted by molar-refractivity contribution is -0.745. The number of aromatic amines is 1. The zero-order chi connectivity index (χ0) is 30.4. The van der Waals surface area contributed by atoms with Crippen molar-refractivity contribution in [1.29, 1.82) is 0 Å². The number of rotatable bonds is 9. The van der Waals surface area contributed by atoms with E-state index in [1.54, 1.807) is 6.07 Å². The predicted octanol–water partition coefficient (Wildman–Crippen LogP) is 0.808. The van der Waals surface area contributed by atoms with E-state index in [1.165, 1.54) is 15.5 Å². The molecule has 224 valence electrons. The first kappa shape index (κ1) is 30.5. The molecule has 1 aliphatic rings. The predicted molar refractivity (Wildman–Crippen MR) is 146 cm³/mol. The highest BCUT2D eigenvalue weighted by molar-refractivity contribution is 7.60. The van der Waals surface area contributed by atoms with Crippen molar-refractivity contribution >= 4 is 44.4 Å². The summed E-state index contributed by atoms with van der Waals surface area (Å²) in [7, 11) is -10.6. The van der Waals surface area contributed by atoms with Crippen LogP contribution < -0.4 is 15.9 Å². The Labute approximate surface area is 241 Å². The largest absolute Gasteiger partial charge is 0.481 e. The molecule has 0 spiro atoms. The highest BCUT2D eigenvalue weighted by Gasteiger charge is 2.48. The number of nitrogens with one attached hydrogen (secondary N) is 1. The van der Waals surface area contributed by atoms with Crippen molar-refractivity contribution in [3.05, 3.63) is 75.8 Å². The molecule has 1 fully saturated rings. The first-order valence-electron chi connectivity index (χ1n) is 12.1. The number of aliphatic hydroxyl groups excluding tert-OH is 2. The van der Waals surface area contributed by atoms with Gasteiger partial charge in [-0.3, -0.25) is 18.9 Å². The Morgan fingerprint density at radius 3 is 2.50 bits per heavy atom. The van der Waals surface area contributed by atoms with Crippen molar-refractivity contribution < 1.29 is 52.2 Å². The van der Waals surface area contributed by atoms with Crippen molar-refractivity contribution in [1.82, 2.24) is 14.5 Å². The third-order valence-electron chi connectivity index (χ3n) is 6.38. The molecule has 0 radical (unpaired) electrons. The number of anilines is 1. The molecule has 5 atom stereocenters. The SMILES string of the molecule is Nc1nc2c(c(=O)[nH]1)n(Cc1ccc(-c3ccccc3)c(Cl)c1)c[n+]2[C@@H]1O[C@H](COP(=O)(O)OP(=O)(O)O)[C@@H](O)[C@H]1O. The first-order valence-corrected chi connectivity index (χ1v) is 15.5. The maximum absolute atomic E-state index is 12.9. The van der Waals surface area contributed by atoms with Crippen LogP contribution in [0.1, 0.15) is 11.8 Å². The number of halogens is 1. The molecule has 19 heteroatoms. The van der Waals surface area contributed by atoms with E-state index in [0.717, 1.165) is 11.1 Å². The number of nitrogen functional groups attached to an aromatic ring is 1. The first-order chi connectivity index (χ1) is 19.7. The van der Waals surface area contributed by atoms with Crippen LogP contribution in [0.2, 0.25) is 5.02 Å². The van der Waals surface area contributed by atoms with Crippen molar-refractivity contribution in [2.75, 3.05) is 12.3 Å². The van der Waals surface area contributed by atoms with Gasteiger partial charge in [0.1, 0.15) is 18.3 Å². The summed E-state index contributed by atoms with van der Waals surface area (Å²) in [5, 5.41) is 21.8. The fourth-order valence-electron chi connectivity index (χ4n) is 4.61. The number of hydrogen-bond donors (Lipinski definition) is 7. The molecule has 0 saturated carbocycles. The molecule has 1 unspecified atom stereocenters. The molecule has 42 heavy (non-hydrogen) atoms. The summed E-state index contributed by atoms with van der Waals surface area (Å²) >= 11 is 6.56. The standard InChI is InChI=1S/C23H24ClN5O11P2/c24-15-8-12(6-7-14(15)13-4-2-1-3-5-13)9-28-11-29(20-17(28)21(32)27-23(25)26-20)22-19(31)18(30)16(39-22)10-38-42(36,37)40-41(33,34)35/h1-8,11,16,18-19,22,30-31H,9-10H2,(H5-,25,26,27,32,33,34,35,36,37)/p+1/t16-,18-,19-,22-/m1/s1. The van der Waals surface area contributed by atoms with E-state index in [0.29, 0.717) is 10.6 Å². The Hall–Kier alpha value is -2.98. The maximum atomic E-state index is 12.9. The average Bonchev–Trinajstić information content (AvgIpc) is 3.38. The van der Waals surface area contributed by atoms with Crippen LogP contribution >= 0.6 is 27.2 Å². The fourth-order valence-corrected chi connectivity index (χ4v) is 6.52. The zero-order valence-corrected chi connectivity index (χ0v) is 23.8. The maximum Gasteiger partial charge on any atom is 0.481 e. The number of benzene rings is 2. The minimum atomic E-state index is -5.38. The molecule has 1 aliphatic heterocycles. The van der Waals surface area contributed by atoms with Crippen molar-refractivity contribution in [2.45, 2.75) is 31.1 Å². The van der Waals surface area contributed by atoms with Gasteiger partial charge in [0.05, 0.1) is 13.2 Å².